The van der Waals surface area contributed by atoms with Gasteiger partial charge in [0.1, 0.15) is 0 Å². The molecule has 1 aliphatic rings. The van der Waals surface area contributed by atoms with Crippen LogP contribution in [0.2, 0.25) is 0 Å². The SMILES string of the molecule is CCC(CC)C(CNC(=NC)NCc1ccccn1)N1CCCC1. The van der Waals surface area contributed by atoms with E-state index in [1.54, 1.807) is 0 Å². The van der Waals surface area contributed by atoms with Gasteiger partial charge in [-0.3, -0.25) is 14.9 Å². The standard InChI is InChI=1S/C19H33N5/c1-4-16(5-2)18(24-12-8-9-13-24)15-23-19(20-3)22-14-17-10-6-7-11-21-17/h6-7,10-11,16,18H,4-5,8-9,12-15H2,1-3H3,(H2,20,22,23). The van der Waals surface area contributed by atoms with Crippen molar-refractivity contribution >= 4 is 5.96 Å². The van der Waals surface area contributed by atoms with Crippen LogP contribution in [0.1, 0.15) is 45.2 Å². The summed E-state index contributed by atoms with van der Waals surface area (Å²) in [5.41, 5.74) is 1.02. The topological polar surface area (TPSA) is 52.6 Å². The molecule has 1 saturated heterocycles. The van der Waals surface area contributed by atoms with E-state index in [1.807, 2.05) is 31.4 Å². The van der Waals surface area contributed by atoms with Gasteiger partial charge in [0.25, 0.3) is 0 Å². The maximum absolute atomic E-state index is 4.36. The lowest BCUT2D eigenvalue weighted by Gasteiger charge is -2.34. The van der Waals surface area contributed by atoms with Crippen LogP contribution >= 0.6 is 0 Å². The van der Waals surface area contributed by atoms with Crippen LogP contribution in [0.15, 0.2) is 29.4 Å². The zero-order valence-electron chi connectivity index (χ0n) is 15.5. The first-order valence-electron chi connectivity index (χ1n) is 9.36. The lowest BCUT2D eigenvalue weighted by Crippen LogP contribution is -2.49. The van der Waals surface area contributed by atoms with E-state index in [4.69, 9.17) is 0 Å². The van der Waals surface area contributed by atoms with Crippen LogP contribution in [0.25, 0.3) is 0 Å². The molecule has 1 aromatic heterocycles. The van der Waals surface area contributed by atoms with Crippen molar-refractivity contribution in [2.45, 2.75) is 52.1 Å². The molecular formula is C19H33N5. The fraction of sp³-hybridized carbons (Fsp3) is 0.684. The van der Waals surface area contributed by atoms with Crippen LogP contribution in [0.3, 0.4) is 0 Å². The largest absolute Gasteiger partial charge is 0.355 e. The minimum Gasteiger partial charge on any atom is -0.355 e. The van der Waals surface area contributed by atoms with Gasteiger partial charge in [-0.25, -0.2) is 0 Å². The van der Waals surface area contributed by atoms with E-state index in [9.17, 15) is 0 Å². The Morgan fingerprint density at radius 1 is 1.21 bits per heavy atom. The first kappa shape index (κ1) is 18.7. The molecule has 1 aromatic rings. The molecule has 1 aliphatic heterocycles. The molecule has 5 nitrogen and oxygen atoms in total. The number of rotatable bonds is 8. The zero-order chi connectivity index (χ0) is 17.2. The highest BCUT2D eigenvalue weighted by Gasteiger charge is 2.27. The van der Waals surface area contributed by atoms with Gasteiger partial charge in [0.05, 0.1) is 12.2 Å². The summed E-state index contributed by atoms with van der Waals surface area (Å²) >= 11 is 0. The van der Waals surface area contributed by atoms with E-state index in [-0.39, 0.29) is 0 Å². The number of guanidine groups is 1. The summed E-state index contributed by atoms with van der Waals surface area (Å²) in [5.74, 6) is 1.60. The van der Waals surface area contributed by atoms with Crippen LogP contribution in [0.5, 0.6) is 0 Å². The molecule has 1 unspecified atom stereocenters. The van der Waals surface area contributed by atoms with E-state index in [0.717, 1.165) is 24.1 Å². The van der Waals surface area contributed by atoms with Crippen molar-refractivity contribution in [2.24, 2.45) is 10.9 Å². The van der Waals surface area contributed by atoms with Gasteiger partial charge in [0.2, 0.25) is 0 Å². The van der Waals surface area contributed by atoms with Crippen LogP contribution in [0, 0.1) is 5.92 Å². The second kappa shape index (κ2) is 10.3. The van der Waals surface area contributed by atoms with Gasteiger partial charge in [0.15, 0.2) is 5.96 Å². The number of nitrogens with one attached hydrogen (secondary N) is 2. The second-order valence-electron chi connectivity index (χ2n) is 6.51. The summed E-state index contributed by atoms with van der Waals surface area (Å²) in [4.78, 5) is 11.4. The maximum Gasteiger partial charge on any atom is 0.191 e. The molecule has 5 heteroatoms. The van der Waals surface area contributed by atoms with Gasteiger partial charge in [-0.2, -0.15) is 0 Å². The molecule has 2 rings (SSSR count). The van der Waals surface area contributed by atoms with Crippen molar-refractivity contribution in [3.8, 4) is 0 Å². The normalized spacial score (nSPS) is 17.2. The fourth-order valence-corrected chi connectivity index (χ4v) is 3.60. The van der Waals surface area contributed by atoms with Crippen LogP contribution in [0.4, 0.5) is 0 Å². The Hall–Kier alpha value is -1.62. The quantitative estimate of drug-likeness (QED) is 0.568. The molecule has 0 aromatic carbocycles. The predicted molar refractivity (Wildman–Crippen MR) is 101 cm³/mol. The number of hydrogen-bond donors (Lipinski definition) is 2. The minimum atomic E-state index is 0.593. The first-order chi connectivity index (χ1) is 11.8. The van der Waals surface area contributed by atoms with Crippen molar-refractivity contribution in [3.05, 3.63) is 30.1 Å². The molecule has 1 atom stereocenters. The monoisotopic (exact) mass is 331 g/mol. The Labute approximate surface area is 147 Å². The summed E-state index contributed by atoms with van der Waals surface area (Å²) in [6.07, 6.45) is 6.97. The molecule has 134 valence electrons. The van der Waals surface area contributed by atoms with Gasteiger partial charge in [-0.15, -0.1) is 0 Å². The van der Waals surface area contributed by atoms with E-state index in [2.05, 4.69) is 39.4 Å². The molecule has 0 saturated carbocycles. The average Bonchev–Trinajstić information content (AvgIpc) is 3.16. The van der Waals surface area contributed by atoms with Gasteiger partial charge >= 0.3 is 0 Å². The third-order valence-electron chi connectivity index (χ3n) is 5.07. The van der Waals surface area contributed by atoms with Crippen LogP contribution in [-0.4, -0.2) is 48.6 Å². The summed E-state index contributed by atoms with van der Waals surface area (Å²) < 4.78 is 0. The number of hydrogen-bond acceptors (Lipinski definition) is 3. The smallest absolute Gasteiger partial charge is 0.191 e. The molecule has 1 fully saturated rings. The van der Waals surface area contributed by atoms with Gasteiger partial charge < -0.3 is 10.6 Å². The summed E-state index contributed by atoms with van der Waals surface area (Å²) in [6, 6.07) is 6.57. The Morgan fingerprint density at radius 2 is 1.96 bits per heavy atom. The van der Waals surface area contributed by atoms with E-state index in [1.165, 1.54) is 38.8 Å². The first-order valence-corrected chi connectivity index (χ1v) is 9.36. The fourth-order valence-electron chi connectivity index (χ4n) is 3.60. The third-order valence-corrected chi connectivity index (χ3v) is 5.07. The molecule has 24 heavy (non-hydrogen) atoms. The zero-order valence-corrected chi connectivity index (χ0v) is 15.5. The predicted octanol–water partition coefficient (Wildman–Crippen LogP) is 2.65. The average molecular weight is 332 g/mol. The highest BCUT2D eigenvalue weighted by molar-refractivity contribution is 5.79. The third kappa shape index (κ3) is 5.48. The summed E-state index contributed by atoms with van der Waals surface area (Å²) in [6.45, 7) is 8.75. The molecule has 2 heterocycles. The minimum absolute atomic E-state index is 0.593. The Kier molecular flexibility index (Phi) is 8.02. The highest BCUT2D eigenvalue weighted by Crippen LogP contribution is 2.22. The van der Waals surface area contributed by atoms with Crippen molar-refractivity contribution < 1.29 is 0 Å². The van der Waals surface area contributed by atoms with Crippen molar-refractivity contribution in [3.63, 3.8) is 0 Å². The summed E-state index contributed by atoms with van der Waals surface area (Å²) in [5, 5.41) is 6.90. The lowest BCUT2D eigenvalue weighted by atomic mass is 9.93. The number of aliphatic imine (C=N–C) groups is 1. The molecule has 0 bridgehead atoms. The number of likely N-dealkylation sites (tertiary alicyclic amines) is 1. The summed E-state index contributed by atoms with van der Waals surface area (Å²) in [7, 11) is 1.83. The van der Waals surface area contributed by atoms with Gasteiger partial charge in [0, 0.05) is 25.8 Å². The Bertz CT molecular complexity index is 476. The molecule has 0 amide bonds. The van der Waals surface area contributed by atoms with E-state index >= 15 is 0 Å². The van der Waals surface area contributed by atoms with Gasteiger partial charge in [-0.1, -0.05) is 32.8 Å². The number of aromatic nitrogens is 1. The Morgan fingerprint density at radius 3 is 2.54 bits per heavy atom. The van der Waals surface area contributed by atoms with Crippen molar-refractivity contribution in [1.29, 1.82) is 0 Å². The second-order valence-corrected chi connectivity index (χ2v) is 6.51. The van der Waals surface area contributed by atoms with Crippen molar-refractivity contribution in [1.82, 2.24) is 20.5 Å². The van der Waals surface area contributed by atoms with Crippen LogP contribution < -0.4 is 10.6 Å². The lowest BCUT2D eigenvalue weighted by molar-refractivity contribution is 0.166. The Balaban J connectivity index is 1.88. The molecular weight excluding hydrogens is 298 g/mol. The highest BCUT2D eigenvalue weighted by atomic mass is 15.2. The molecule has 0 aliphatic carbocycles. The number of nitrogens with zero attached hydrogens (tertiary/aromatic N) is 3. The van der Waals surface area contributed by atoms with E-state index < -0.39 is 0 Å². The van der Waals surface area contributed by atoms with Crippen LogP contribution in [-0.2, 0) is 6.54 Å². The van der Waals surface area contributed by atoms with E-state index in [0.29, 0.717) is 12.6 Å². The molecule has 0 radical (unpaired) electrons. The maximum atomic E-state index is 4.36. The molecule has 2 N–H and O–H groups in total. The molecule has 0 spiro atoms. The van der Waals surface area contributed by atoms with Gasteiger partial charge in [-0.05, 0) is 44.0 Å². The van der Waals surface area contributed by atoms with Crippen molar-refractivity contribution in [2.75, 3.05) is 26.7 Å². The number of pyridine rings is 1.